The van der Waals surface area contributed by atoms with E-state index in [1.54, 1.807) is 0 Å². The fourth-order valence-corrected chi connectivity index (χ4v) is 8.70. The quantitative estimate of drug-likeness (QED) is 0.161. The topological polar surface area (TPSA) is 3.24 Å². The molecule has 9 aromatic rings. The monoisotopic (exact) mass is 687 g/mol. The molecule has 0 N–H and O–H groups in total. The van der Waals surface area contributed by atoms with Crippen molar-refractivity contribution < 1.29 is 0 Å². The first-order valence-corrected chi connectivity index (χ1v) is 18.7. The van der Waals surface area contributed by atoms with E-state index in [0.29, 0.717) is 0 Å². The molecule has 0 saturated heterocycles. The second-order valence-corrected chi connectivity index (χ2v) is 14.1. The summed E-state index contributed by atoms with van der Waals surface area (Å²) in [6.07, 6.45) is 0. The molecule has 0 spiro atoms. The van der Waals surface area contributed by atoms with Crippen molar-refractivity contribution in [1.82, 2.24) is 0 Å². The van der Waals surface area contributed by atoms with Crippen LogP contribution in [0, 0.1) is 0 Å². The number of benzene rings is 9. The lowest BCUT2D eigenvalue weighted by molar-refractivity contribution is 0.769. The van der Waals surface area contributed by atoms with Crippen molar-refractivity contribution in [2.45, 2.75) is 5.41 Å². The Balaban J connectivity index is 1.11. The molecule has 0 saturated carbocycles. The molecule has 0 amide bonds. The molecular formula is C53H37N. The van der Waals surface area contributed by atoms with E-state index in [-0.39, 0.29) is 0 Å². The van der Waals surface area contributed by atoms with Crippen molar-refractivity contribution in [2.75, 3.05) is 4.90 Å². The van der Waals surface area contributed by atoms with Crippen LogP contribution in [0.25, 0.3) is 44.2 Å². The third-order valence-corrected chi connectivity index (χ3v) is 11.1. The molecule has 1 aliphatic carbocycles. The van der Waals surface area contributed by atoms with Gasteiger partial charge in [0.15, 0.2) is 0 Å². The number of rotatable bonds is 7. The van der Waals surface area contributed by atoms with Crippen LogP contribution in [-0.2, 0) is 5.41 Å². The Kier molecular flexibility index (Phi) is 7.78. The minimum atomic E-state index is -0.469. The largest absolute Gasteiger partial charge is 0.311 e. The van der Waals surface area contributed by atoms with E-state index in [0.717, 1.165) is 17.1 Å². The lowest BCUT2D eigenvalue weighted by Crippen LogP contribution is -2.28. The van der Waals surface area contributed by atoms with Crippen molar-refractivity contribution in [3.63, 3.8) is 0 Å². The van der Waals surface area contributed by atoms with Gasteiger partial charge in [0.2, 0.25) is 0 Å². The summed E-state index contributed by atoms with van der Waals surface area (Å²) in [7, 11) is 0. The Labute approximate surface area is 317 Å². The van der Waals surface area contributed by atoms with Crippen LogP contribution in [-0.4, -0.2) is 0 Å². The Morgan fingerprint density at radius 2 is 0.778 bits per heavy atom. The van der Waals surface area contributed by atoms with Crippen LogP contribution in [0.1, 0.15) is 22.3 Å². The number of hydrogen-bond donors (Lipinski definition) is 0. The zero-order chi connectivity index (χ0) is 35.9. The van der Waals surface area contributed by atoms with Crippen molar-refractivity contribution in [3.05, 3.63) is 247 Å². The Morgan fingerprint density at radius 1 is 0.315 bits per heavy atom. The lowest BCUT2D eigenvalue weighted by Gasteiger charge is -2.34. The number of nitrogens with zero attached hydrogens (tertiary/aromatic N) is 1. The van der Waals surface area contributed by atoms with E-state index < -0.39 is 5.41 Å². The average Bonchev–Trinajstić information content (AvgIpc) is 3.56. The van der Waals surface area contributed by atoms with Crippen LogP contribution in [0.4, 0.5) is 17.1 Å². The highest BCUT2D eigenvalue weighted by atomic mass is 15.1. The second kappa shape index (κ2) is 13.2. The molecule has 0 atom stereocenters. The number of para-hydroxylation sites is 1. The van der Waals surface area contributed by atoms with Gasteiger partial charge in [0, 0.05) is 17.1 Å². The van der Waals surface area contributed by atoms with Gasteiger partial charge in [0.1, 0.15) is 0 Å². The van der Waals surface area contributed by atoms with Crippen molar-refractivity contribution in [2.24, 2.45) is 0 Å². The van der Waals surface area contributed by atoms with Crippen LogP contribution in [0.5, 0.6) is 0 Å². The Morgan fingerprint density at radius 3 is 1.39 bits per heavy atom. The third-order valence-electron chi connectivity index (χ3n) is 11.1. The molecule has 9 aromatic carbocycles. The third kappa shape index (κ3) is 5.17. The Bertz CT molecular complexity index is 2680. The van der Waals surface area contributed by atoms with E-state index in [4.69, 9.17) is 0 Å². The SMILES string of the molecule is c1ccc(-c2ccc(N(c3ccccc3)c3ccc(-c4ccc5c(c4)C(c4ccccc4)(c4ccccc4)c4ccc6ccccc6c4-5)cc3)cc2)cc1. The number of fused-ring (bicyclic) bond motifs is 5. The average molecular weight is 688 g/mol. The standard InChI is InChI=1S/C53H37N/c1-5-15-38(16-6-1)39-25-31-46(32-26-39)54(45-22-11-4-12-23-45)47-33-27-40(28-34-47)42-29-35-49-51(37-42)53(43-18-7-2-8-19-43,44-20-9-3-10-21-44)50-36-30-41-17-13-14-24-48(41)52(49)50/h1-37H. The number of hydrogen-bond acceptors (Lipinski definition) is 1. The van der Waals surface area contributed by atoms with Crippen molar-refractivity contribution in [1.29, 1.82) is 0 Å². The van der Waals surface area contributed by atoms with Crippen molar-refractivity contribution >= 4 is 27.8 Å². The highest BCUT2D eigenvalue weighted by molar-refractivity contribution is 6.04. The van der Waals surface area contributed by atoms with Crippen LogP contribution >= 0.6 is 0 Å². The number of anilines is 3. The van der Waals surface area contributed by atoms with Gasteiger partial charge < -0.3 is 4.90 Å². The summed E-state index contributed by atoms with van der Waals surface area (Å²) in [4.78, 5) is 2.33. The minimum Gasteiger partial charge on any atom is -0.311 e. The van der Waals surface area contributed by atoms with Gasteiger partial charge in [-0.15, -0.1) is 0 Å². The summed E-state index contributed by atoms with van der Waals surface area (Å²) >= 11 is 0. The zero-order valence-corrected chi connectivity index (χ0v) is 29.8. The molecule has 0 heterocycles. The fraction of sp³-hybridized carbons (Fsp3) is 0.0189. The maximum Gasteiger partial charge on any atom is 0.0714 e. The highest BCUT2D eigenvalue weighted by Crippen LogP contribution is 2.58. The predicted molar refractivity (Wildman–Crippen MR) is 227 cm³/mol. The van der Waals surface area contributed by atoms with Gasteiger partial charge in [-0.2, -0.15) is 0 Å². The summed E-state index contributed by atoms with van der Waals surface area (Å²) < 4.78 is 0. The molecule has 1 nitrogen and oxygen atoms in total. The first-order valence-electron chi connectivity index (χ1n) is 18.7. The van der Waals surface area contributed by atoms with Crippen LogP contribution in [0.3, 0.4) is 0 Å². The van der Waals surface area contributed by atoms with E-state index in [2.05, 4.69) is 229 Å². The van der Waals surface area contributed by atoms with E-state index >= 15 is 0 Å². The van der Waals surface area contributed by atoms with E-state index in [1.165, 1.54) is 66.4 Å². The maximum atomic E-state index is 2.45. The summed E-state index contributed by atoms with van der Waals surface area (Å²) in [6.45, 7) is 0. The fourth-order valence-electron chi connectivity index (χ4n) is 8.70. The van der Waals surface area contributed by atoms with Gasteiger partial charge in [-0.25, -0.2) is 0 Å². The zero-order valence-electron chi connectivity index (χ0n) is 29.8. The smallest absolute Gasteiger partial charge is 0.0714 e. The molecule has 0 bridgehead atoms. The van der Waals surface area contributed by atoms with Gasteiger partial charge in [-0.1, -0.05) is 182 Å². The van der Waals surface area contributed by atoms with Gasteiger partial charge in [0.05, 0.1) is 5.41 Å². The molecule has 0 fully saturated rings. The van der Waals surface area contributed by atoms with Crippen molar-refractivity contribution in [3.8, 4) is 33.4 Å². The lowest BCUT2D eigenvalue weighted by atomic mass is 9.67. The summed E-state index contributed by atoms with van der Waals surface area (Å²) in [5.41, 5.74) is 15.5. The predicted octanol–water partition coefficient (Wildman–Crippen LogP) is 14.0. The van der Waals surface area contributed by atoms with Gasteiger partial charge in [0.25, 0.3) is 0 Å². The molecular weight excluding hydrogens is 651 g/mol. The summed E-state index contributed by atoms with van der Waals surface area (Å²) in [5, 5.41) is 2.55. The van der Waals surface area contributed by atoms with Gasteiger partial charge >= 0.3 is 0 Å². The molecule has 0 radical (unpaired) electrons. The van der Waals surface area contributed by atoms with Crippen LogP contribution < -0.4 is 4.90 Å². The molecule has 1 aliphatic rings. The van der Waals surface area contributed by atoms with Gasteiger partial charge in [-0.3, -0.25) is 0 Å². The molecule has 10 rings (SSSR count). The first kappa shape index (κ1) is 31.7. The molecule has 254 valence electrons. The molecule has 0 aliphatic heterocycles. The summed E-state index contributed by atoms with van der Waals surface area (Å²) in [6, 6.07) is 81.9. The normalized spacial score (nSPS) is 12.6. The first-order chi connectivity index (χ1) is 26.8. The minimum absolute atomic E-state index is 0.469. The van der Waals surface area contributed by atoms with Gasteiger partial charge in [-0.05, 0) is 109 Å². The molecule has 54 heavy (non-hydrogen) atoms. The van der Waals surface area contributed by atoms with E-state index in [1.807, 2.05) is 0 Å². The maximum absolute atomic E-state index is 2.45. The second-order valence-electron chi connectivity index (χ2n) is 14.1. The highest BCUT2D eigenvalue weighted by Gasteiger charge is 2.46. The van der Waals surface area contributed by atoms with Crippen LogP contribution in [0.2, 0.25) is 0 Å². The van der Waals surface area contributed by atoms with E-state index in [9.17, 15) is 0 Å². The molecule has 0 unspecified atom stereocenters. The van der Waals surface area contributed by atoms with Crippen LogP contribution in [0.15, 0.2) is 224 Å². The Hall–Kier alpha value is -6.96. The molecule has 0 aromatic heterocycles. The molecule has 1 heteroatoms. The summed E-state index contributed by atoms with van der Waals surface area (Å²) in [5.74, 6) is 0.